The van der Waals surface area contributed by atoms with Crippen LogP contribution in [0.1, 0.15) is 18.6 Å². The summed E-state index contributed by atoms with van der Waals surface area (Å²) in [6, 6.07) is 25.0. The van der Waals surface area contributed by atoms with Crippen LogP contribution in [0.2, 0.25) is 5.02 Å². The number of benzene rings is 3. The van der Waals surface area contributed by atoms with Gasteiger partial charge in [-0.1, -0.05) is 72.3 Å². The Morgan fingerprint density at radius 2 is 1.41 bits per heavy atom. The van der Waals surface area contributed by atoms with E-state index in [1.807, 2.05) is 60.7 Å². The summed E-state index contributed by atoms with van der Waals surface area (Å²) in [6.07, 6.45) is -1.02. The molecule has 1 aliphatic heterocycles. The number of rotatable bonds is 5. The molecule has 1 saturated heterocycles. The zero-order valence-electron chi connectivity index (χ0n) is 17.9. The largest absolute Gasteiger partial charge is 0.447 e. The molecule has 1 atom stereocenters. The van der Waals surface area contributed by atoms with Gasteiger partial charge in [0.1, 0.15) is 0 Å². The fourth-order valence-corrected chi connectivity index (χ4v) is 4.29. The summed E-state index contributed by atoms with van der Waals surface area (Å²) in [4.78, 5) is 29.5. The lowest BCUT2D eigenvalue weighted by Crippen LogP contribution is -2.50. The number of esters is 1. The lowest BCUT2D eigenvalue weighted by molar-refractivity contribution is -0.159. The summed E-state index contributed by atoms with van der Waals surface area (Å²) in [5.74, 6) is -0.715. The normalized spacial score (nSPS) is 14.7. The van der Waals surface area contributed by atoms with Crippen LogP contribution in [-0.2, 0) is 14.3 Å². The van der Waals surface area contributed by atoms with E-state index in [4.69, 9.17) is 16.3 Å². The Balaban J connectivity index is 1.60. The van der Waals surface area contributed by atoms with Crippen molar-refractivity contribution in [1.29, 1.82) is 0 Å². The average molecular weight is 449 g/mol. The van der Waals surface area contributed by atoms with E-state index in [0.29, 0.717) is 36.8 Å². The number of carbonyl (C=O) groups is 2. The van der Waals surface area contributed by atoms with Gasteiger partial charge < -0.3 is 14.5 Å². The first-order valence-corrected chi connectivity index (χ1v) is 11.0. The van der Waals surface area contributed by atoms with Crippen LogP contribution in [0.5, 0.6) is 0 Å². The topological polar surface area (TPSA) is 49.9 Å². The third kappa shape index (κ3) is 4.78. The number of amides is 1. The first kappa shape index (κ1) is 21.9. The number of nitrogens with zero attached hydrogens (tertiary/aromatic N) is 2. The Bertz CT molecular complexity index is 1090. The molecule has 0 saturated carbocycles. The van der Waals surface area contributed by atoms with Gasteiger partial charge >= 0.3 is 5.97 Å². The average Bonchev–Trinajstić information content (AvgIpc) is 2.83. The molecule has 32 heavy (non-hydrogen) atoms. The number of anilines is 1. The predicted molar refractivity (Wildman–Crippen MR) is 127 cm³/mol. The van der Waals surface area contributed by atoms with Crippen molar-refractivity contribution in [3.8, 4) is 11.1 Å². The predicted octanol–water partition coefficient (Wildman–Crippen LogP) is 4.96. The van der Waals surface area contributed by atoms with E-state index in [1.54, 1.807) is 11.0 Å². The maximum absolute atomic E-state index is 13.5. The van der Waals surface area contributed by atoms with Gasteiger partial charge in [-0.15, -0.1) is 0 Å². The number of halogens is 1. The molecule has 1 aliphatic rings. The third-order valence-corrected chi connectivity index (χ3v) is 5.96. The number of para-hydroxylation sites is 1. The molecular formula is C26H25ClN2O3. The molecule has 0 N–H and O–H groups in total. The van der Waals surface area contributed by atoms with Crippen molar-refractivity contribution in [2.45, 2.75) is 13.0 Å². The second kappa shape index (κ2) is 9.88. The number of carbonyl (C=O) groups excluding carboxylic acids is 2. The van der Waals surface area contributed by atoms with Gasteiger partial charge in [-0.3, -0.25) is 9.59 Å². The van der Waals surface area contributed by atoms with E-state index in [-0.39, 0.29) is 5.91 Å². The highest BCUT2D eigenvalue weighted by molar-refractivity contribution is 6.33. The molecule has 164 valence electrons. The fourth-order valence-electron chi connectivity index (χ4n) is 4.05. The van der Waals surface area contributed by atoms with Gasteiger partial charge in [0.2, 0.25) is 6.10 Å². The number of piperazine rings is 1. The van der Waals surface area contributed by atoms with E-state index in [0.717, 1.165) is 16.8 Å². The Hall–Kier alpha value is -3.31. The number of hydrogen-bond donors (Lipinski definition) is 0. The van der Waals surface area contributed by atoms with Crippen LogP contribution in [0.15, 0.2) is 78.9 Å². The van der Waals surface area contributed by atoms with Crippen molar-refractivity contribution in [1.82, 2.24) is 4.90 Å². The van der Waals surface area contributed by atoms with Crippen LogP contribution in [-0.4, -0.2) is 43.0 Å². The first-order chi connectivity index (χ1) is 15.5. The molecule has 1 heterocycles. The van der Waals surface area contributed by atoms with Gasteiger partial charge in [0.15, 0.2) is 0 Å². The number of hydrogen-bond acceptors (Lipinski definition) is 4. The van der Waals surface area contributed by atoms with Gasteiger partial charge in [-0.25, -0.2) is 0 Å². The highest BCUT2D eigenvalue weighted by Gasteiger charge is 2.32. The van der Waals surface area contributed by atoms with Crippen LogP contribution in [0.3, 0.4) is 0 Å². The summed E-state index contributed by atoms with van der Waals surface area (Å²) in [6.45, 7) is 3.87. The monoisotopic (exact) mass is 448 g/mol. The molecule has 1 amide bonds. The van der Waals surface area contributed by atoms with Crippen molar-refractivity contribution in [2.24, 2.45) is 0 Å². The lowest BCUT2D eigenvalue weighted by Gasteiger charge is -2.37. The molecule has 0 aromatic heterocycles. The van der Waals surface area contributed by atoms with E-state index in [1.165, 1.54) is 6.92 Å². The molecule has 3 aromatic rings. The van der Waals surface area contributed by atoms with E-state index in [2.05, 4.69) is 17.0 Å². The van der Waals surface area contributed by atoms with Crippen molar-refractivity contribution >= 4 is 29.2 Å². The summed E-state index contributed by atoms with van der Waals surface area (Å²) in [7, 11) is 0. The molecule has 6 heteroatoms. The molecule has 1 fully saturated rings. The zero-order chi connectivity index (χ0) is 22.5. The standard InChI is InChI=1S/C26H25ClN2O3/c1-19(30)32-25(23-13-6-5-11-21(23)22-12-7-8-14-24(22)27)26(31)29-17-15-28(16-18-29)20-9-3-2-4-10-20/h2-14,25H,15-18H2,1H3. The molecule has 5 nitrogen and oxygen atoms in total. The molecule has 3 aromatic carbocycles. The molecule has 0 bridgehead atoms. The Kier molecular flexibility index (Phi) is 6.76. The molecule has 0 aliphatic carbocycles. The minimum Gasteiger partial charge on any atom is -0.447 e. The SMILES string of the molecule is CC(=O)OC(C(=O)N1CCN(c2ccccc2)CC1)c1ccccc1-c1ccccc1Cl. The molecule has 4 rings (SSSR count). The summed E-state index contributed by atoms with van der Waals surface area (Å²) < 4.78 is 5.58. The van der Waals surface area contributed by atoms with Gasteiger partial charge in [0.05, 0.1) is 0 Å². The van der Waals surface area contributed by atoms with Crippen LogP contribution in [0.4, 0.5) is 5.69 Å². The van der Waals surface area contributed by atoms with Crippen LogP contribution in [0.25, 0.3) is 11.1 Å². The summed E-state index contributed by atoms with van der Waals surface area (Å²) in [5, 5.41) is 0.574. The van der Waals surface area contributed by atoms with Crippen LogP contribution in [0, 0.1) is 0 Å². The van der Waals surface area contributed by atoms with E-state index in [9.17, 15) is 9.59 Å². The minimum atomic E-state index is -1.02. The second-order valence-electron chi connectivity index (χ2n) is 7.70. The van der Waals surface area contributed by atoms with Crippen LogP contribution < -0.4 is 4.90 Å². The Labute approximate surface area is 193 Å². The highest BCUT2D eigenvalue weighted by atomic mass is 35.5. The van der Waals surface area contributed by atoms with Gasteiger partial charge in [-0.2, -0.15) is 0 Å². The first-order valence-electron chi connectivity index (χ1n) is 10.6. The fraction of sp³-hybridized carbons (Fsp3) is 0.231. The van der Waals surface area contributed by atoms with E-state index < -0.39 is 12.1 Å². The summed E-state index contributed by atoms with van der Waals surface area (Å²) >= 11 is 6.44. The van der Waals surface area contributed by atoms with Gasteiger partial charge in [0, 0.05) is 54.9 Å². The van der Waals surface area contributed by atoms with Crippen LogP contribution >= 0.6 is 11.6 Å². The maximum atomic E-state index is 13.5. The quantitative estimate of drug-likeness (QED) is 0.517. The van der Waals surface area contributed by atoms with Crippen molar-refractivity contribution in [2.75, 3.05) is 31.1 Å². The van der Waals surface area contributed by atoms with Crippen molar-refractivity contribution in [3.63, 3.8) is 0 Å². The van der Waals surface area contributed by atoms with Gasteiger partial charge in [-0.05, 0) is 23.8 Å². The zero-order valence-corrected chi connectivity index (χ0v) is 18.7. The third-order valence-electron chi connectivity index (χ3n) is 5.63. The molecular weight excluding hydrogens is 424 g/mol. The lowest BCUT2D eigenvalue weighted by atomic mass is 9.95. The Morgan fingerprint density at radius 3 is 2.06 bits per heavy atom. The molecule has 0 spiro atoms. The minimum absolute atomic E-state index is 0.215. The highest BCUT2D eigenvalue weighted by Crippen LogP contribution is 2.35. The van der Waals surface area contributed by atoms with Crippen molar-refractivity contribution in [3.05, 3.63) is 89.4 Å². The summed E-state index contributed by atoms with van der Waals surface area (Å²) in [5.41, 5.74) is 3.34. The second-order valence-corrected chi connectivity index (χ2v) is 8.11. The number of ether oxygens (including phenoxy) is 1. The Morgan fingerprint density at radius 1 is 0.812 bits per heavy atom. The molecule has 0 radical (unpaired) electrons. The molecule has 1 unspecified atom stereocenters. The smallest absolute Gasteiger partial charge is 0.303 e. The van der Waals surface area contributed by atoms with Crippen molar-refractivity contribution < 1.29 is 14.3 Å². The van der Waals surface area contributed by atoms with Gasteiger partial charge in [0.25, 0.3) is 5.91 Å². The maximum Gasteiger partial charge on any atom is 0.303 e. The van der Waals surface area contributed by atoms with E-state index >= 15 is 0 Å².